The molecule has 0 bridgehead atoms. The Labute approximate surface area is 186 Å². The lowest BCUT2D eigenvalue weighted by atomic mass is 10.2. The van der Waals surface area contributed by atoms with Crippen LogP contribution in [0.15, 0.2) is 24.3 Å². The van der Waals surface area contributed by atoms with E-state index in [0.29, 0.717) is 32.8 Å². The molecule has 0 atom stereocenters. The van der Waals surface area contributed by atoms with Gasteiger partial charge in [-0.25, -0.2) is 4.98 Å². The first-order valence-corrected chi connectivity index (χ1v) is 11.0. The average molecular weight is 437 g/mol. The molecule has 1 amide bonds. The van der Waals surface area contributed by atoms with E-state index in [1.54, 1.807) is 0 Å². The number of rotatable bonds is 4. The highest BCUT2D eigenvalue weighted by Crippen LogP contribution is 2.33. The number of nitrogens with one attached hydrogen (secondary N) is 1. The van der Waals surface area contributed by atoms with Gasteiger partial charge >= 0.3 is 0 Å². The van der Waals surface area contributed by atoms with Crippen LogP contribution < -0.4 is 9.47 Å². The van der Waals surface area contributed by atoms with Crippen LogP contribution in [0.25, 0.3) is 5.69 Å². The van der Waals surface area contributed by atoms with Crippen LogP contribution in [0.1, 0.15) is 33.4 Å². The normalized spacial score (nSPS) is 16.4. The molecule has 9 nitrogen and oxygen atoms in total. The number of piperazine rings is 1. The van der Waals surface area contributed by atoms with Gasteiger partial charge in [-0.15, -0.1) is 0 Å². The van der Waals surface area contributed by atoms with E-state index in [1.165, 1.54) is 0 Å². The standard InChI is InChI=1S/C23H28N6O3/c1-15-12-19(16(2)29(15)18-4-5-20-21(13-18)32-11-10-31-20)23(30)28-8-6-27(7-9-28)14-22-24-17(3)25-26-22/h4-5,12-13H,6-11,14H2,1-3H3,(H,24,25,26). The lowest BCUT2D eigenvalue weighted by Crippen LogP contribution is -2.48. The van der Waals surface area contributed by atoms with Gasteiger partial charge in [-0.05, 0) is 39.0 Å². The SMILES string of the molecule is Cc1nc(CN2CCN(C(=O)c3cc(C)n(-c4ccc5c(c4)OCCO5)c3C)CC2)n[nH]1. The molecular formula is C23H28N6O3. The molecule has 0 radical (unpaired) electrons. The number of amides is 1. The monoisotopic (exact) mass is 436 g/mol. The highest BCUT2D eigenvalue weighted by Gasteiger charge is 2.26. The first kappa shape index (κ1) is 20.6. The summed E-state index contributed by atoms with van der Waals surface area (Å²) in [6, 6.07) is 7.90. The van der Waals surface area contributed by atoms with E-state index < -0.39 is 0 Å². The van der Waals surface area contributed by atoms with Crippen molar-refractivity contribution in [2.24, 2.45) is 0 Å². The first-order valence-electron chi connectivity index (χ1n) is 11.0. The highest BCUT2D eigenvalue weighted by molar-refractivity contribution is 5.96. The maximum absolute atomic E-state index is 13.3. The summed E-state index contributed by atoms with van der Waals surface area (Å²) < 4.78 is 13.5. The number of carbonyl (C=O) groups excluding carboxylic acids is 1. The number of carbonyl (C=O) groups is 1. The van der Waals surface area contributed by atoms with Crippen LogP contribution >= 0.6 is 0 Å². The predicted molar refractivity (Wildman–Crippen MR) is 119 cm³/mol. The number of H-pyrrole nitrogens is 1. The van der Waals surface area contributed by atoms with Crippen LogP contribution in [0.4, 0.5) is 0 Å². The summed E-state index contributed by atoms with van der Waals surface area (Å²) in [5, 5.41) is 7.09. The minimum atomic E-state index is 0.0790. The number of benzene rings is 1. The Morgan fingerprint density at radius 3 is 2.50 bits per heavy atom. The zero-order valence-corrected chi connectivity index (χ0v) is 18.7. The Kier molecular flexibility index (Phi) is 5.34. The van der Waals surface area contributed by atoms with Gasteiger partial charge < -0.3 is 18.9 Å². The fourth-order valence-corrected chi connectivity index (χ4v) is 4.49. The van der Waals surface area contributed by atoms with Gasteiger partial charge in [0.05, 0.1) is 12.1 Å². The van der Waals surface area contributed by atoms with Gasteiger partial charge in [0.15, 0.2) is 17.3 Å². The minimum Gasteiger partial charge on any atom is -0.486 e. The molecule has 2 aromatic heterocycles. The second kappa shape index (κ2) is 8.31. The predicted octanol–water partition coefficient (Wildman–Crippen LogP) is 2.25. The van der Waals surface area contributed by atoms with Gasteiger partial charge in [0, 0.05) is 49.3 Å². The summed E-state index contributed by atoms with van der Waals surface area (Å²) in [4.78, 5) is 21.9. The number of nitrogens with zero attached hydrogens (tertiary/aromatic N) is 5. The van der Waals surface area contributed by atoms with E-state index >= 15 is 0 Å². The summed E-state index contributed by atoms with van der Waals surface area (Å²) in [6.07, 6.45) is 0. The Bertz CT molecular complexity index is 1140. The van der Waals surface area contributed by atoms with Crippen molar-refractivity contribution in [3.05, 3.63) is 52.9 Å². The molecule has 1 N–H and O–H groups in total. The molecule has 3 aromatic rings. The Balaban J connectivity index is 1.30. The molecule has 0 aliphatic carbocycles. The maximum atomic E-state index is 13.3. The molecular weight excluding hydrogens is 408 g/mol. The molecule has 9 heteroatoms. The van der Waals surface area contributed by atoms with E-state index in [0.717, 1.165) is 58.9 Å². The van der Waals surface area contributed by atoms with Crippen molar-refractivity contribution in [1.82, 2.24) is 29.5 Å². The molecule has 0 saturated carbocycles. The zero-order chi connectivity index (χ0) is 22.2. The summed E-state index contributed by atoms with van der Waals surface area (Å²) in [5.41, 5.74) is 3.66. The third kappa shape index (κ3) is 3.84. The lowest BCUT2D eigenvalue weighted by molar-refractivity contribution is 0.0625. The van der Waals surface area contributed by atoms with E-state index in [2.05, 4.69) is 24.6 Å². The molecule has 2 aliphatic rings. The largest absolute Gasteiger partial charge is 0.486 e. The third-order valence-electron chi connectivity index (χ3n) is 6.11. The number of hydrogen-bond donors (Lipinski definition) is 1. The number of hydrogen-bond acceptors (Lipinski definition) is 6. The summed E-state index contributed by atoms with van der Waals surface area (Å²) in [5.74, 6) is 3.20. The van der Waals surface area contributed by atoms with E-state index in [1.807, 2.05) is 49.9 Å². The van der Waals surface area contributed by atoms with Gasteiger partial charge in [0.2, 0.25) is 0 Å². The van der Waals surface area contributed by atoms with Crippen LogP contribution in [0, 0.1) is 20.8 Å². The summed E-state index contributed by atoms with van der Waals surface area (Å²) >= 11 is 0. The molecule has 1 aromatic carbocycles. The van der Waals surface area contributed by atoms with Crippen molar-refractivity contribution >= 4 is 5.91 Å². The van der Waals surface area contributed by atoms with Gasteiger partial charge in [0.25, 0.3) is 5.91 Å². The second-order valence-electron chi connectivity index (χ2n) is 8.35. The average Bonchev–Trinajstić information content (AvgIpc) is 3.35. The topological polar surface area (TPSA) is 88.5 Å². The Morgan fingerprint density at radius 2 is 1.78 bits per heavy atom. The van der Waals surface area contributed by atoms with Crippen molar-refractivity contribution < 1.29 is 14.3 Å². The molecule has 0 unspecified atom stereocenters. The van der Waals surface area contributed by atoms with E-state index in [9.17, 15) is 4.79 Å². The maximum Gasteiger partial charge on any atom is 0.255 e. The Hall–Kier alpha value is -3.33. The quantitative estimate of drug-likeness (QED) is 0.675. The van der Waals surface area contributed by atoms with Crippen molar-refractivity contribution in [1.29, 1.82) is 0 Å². The number of aromatic nitrogens is 4. The molecule has 168 valence electrons. The van der Waals surface area contributed by atoms with Crippen LogP contribution in [0.2, 0.25) is 0 Å². The first-order chi connectivity index (χ1) is 15.5. The van der Waals surface area contributed by atoms with Crippen molar-refractivity contribution in [3.8, 4) is 17.2 Å². The number of ether oxygens (including phenoxy) is 2. The second-order valence-corrected chi connectivity index (χ2v) is 8.35. The molecule has 1 fully saturated rings. The fraction of sp³-hybridized carbons (Fsp3) is 0.435. The van der Waals surface area contributed by atoms with Crippen molar-refractivity contribution in [3.63, 3.8) is 0 Å². The summed E-state index contributed by atoms with van der Waals surface area (Å²) in [7, 11) is 0. The number of fused-ring (bicyclic) bond motifs is 1. The molecule has 5 rings (SSSR count). The minimum absolute atomic E-state index is 0.0790. The molecule has 1 saturated heterocycles. The zero-order valence-electron chi connectivity index (χ0n) is 18.7. The number of aromatic amines is 1. The van der Waals surface area contributed by atoms with Crippen molar-refractivity contribution in [2.45, 2.75) is 27.3 Å². The summed E-state index contributed by atoms with van der Waals surface area (Å²) in [6.45, 7) is 10.7. The Morgan fingerprint density at radius 1 is 1.03 bits per heavy atom. The van der Waals surface area contributed by atoms with Crippen LogP contribution in [0.5, 0.6) is 11.5 Å². The van der Waals surface area contributed by atoms with E-state index in [-0.39, 0.29) is 5.91 Å². The molecule has 32 heavy (non-hydrogen) atoms. The van der Waals surface area contributed by atoms with Crippen LogP contribution in [-0.4, -0.2) is 74.8 Å². The van der Waals surface area contributed by atoms with Gasteiger partial charge in [-0.2, -0.15) is 5.10 Å². The van der Waals surface area contributed by atoms with Gasteiger partial charge in [-0.1, -0.05) is 0 Å². The smallest absolute Gasteiger partial charge is 0.255 e. The van der Waals surface area contributed by atoms with E-state index in [4.69, 9.17) is 9.47 Å². The third-order valence-corrected chi connectivity index (χ3v) is 6.11. The molecule has 2 aliphatic heterocycles. The van der Waals surface area contributed by atoms with Crippen LogP contribution in [-0.2, 0) is 6.54 Å². The molecule has 4 heterocycles. The molecule has 0 spiro atoms. The highest BCUT2D eigenvalue weighted by atomic mass is 16.6. The van der Waals surface area contributed by atoms with Crippen molar-refractivity contribution in [2.75, 3.05) is 39.4 Å². The number of aryl methyl sites for hydroxylation is 2. The fourth-order valence-electron chi connectivity index (χ4n) is 4.49. The van der Waals surface area contributed by atoms with Crippen LogP contribution in [0.3, 0.4) is 0 Å². The van der Waals surface area contributed by atoms with Gasteiger partial charge in [0.1, 0.15) is 19.0 Å². The lowest BCUT2D eigenvalue weighted by Gasteiger charge is -2.34. The van der Waals surface area contributed by atoms with Gasteiger partial charge in [-0.3, -0.25) is 14.8 Å².